The number of hydrogen-bond acceptors (Lipinski definition) is 7. The Balaban J connectivity index is 1.36. The first-order chi connectivity index (χ1) is 13.5. The van der Waals surface area contributed by atoms with Crippen LogP contribution in [0.15, 0.2) is 36.7 Å². The number of fused-ring (bicyclic) bond motifs is 1. The molecule has 0 amide bonds. The fourth-order valence-electron chi connectivity index (χ4n) is 3.31. The van der Waals surface area contributed by atoms with Gasteiger partial charge in [0.2, 0.25) is 0 Å². The van der Waals surface area contributed by atoms with Crippen molar-refractivity contribution in [3.63, 3.8) is 0 Å². The third kappa shape index (κ3) is 3.51. The zero-order chi connectivity index (χ0) is 19.7. The summed E-state index contributed by atoms with van der Waals surface area (Å²) in [5, 5.41) is 21.7. The number of aliphatic hydroxyl groups is 1. The van der Waals surface area contributed by atoms with E-state index in [0.717, 1.165) is 27.9 Å². The van der Waals surface area contributed by atoms with Crippen molar-refractivity contribution in [2.45, 2.75) is 33.1 Å². The van der Waals surface area contributed by atoms with E-state index in [4.69, 9.17) is 4.74 Å². The molecule has 3 heterocycles. The lowest BCUT2D eigenvalue weighted by molar-refractivity contribution is 0.0535. The number of aliphatic hydroxyl groups excluding tert-OH is 1. The Morgan fingerprint density at radius 3 is 2.86 bits per heavy atom. The molecule has 0 bridgehead atoms. The molecular weight excluding hydrogens is 358 g/mol. The minimum absolute atomic E-state index is 0.275. The summed E-state index contributed by atoms with van der Waals surface area (Å²) in [5.41, 5.74) is 5.00. The van der Waals surface area contributed by atoms with Crippen LogP contribution in [-0.2, 0) is 17.9 Å². The number of rotatable bonds is 6. The van der Waals surface area contributed by atoms with Gasteiger partial charge in [0.15, 0.2) is 5.82 Å². The van der Waals surface area contributed by atoms with Crippen LogP contribution in [0.4, 0.5) is 0 Å². The van der Waals surface area contributed by atoms with E-state index in [1.165, 1.54) is 0 Å². The molecule has 1 unspecified atom stereocenters. The van der Waals surface area contributed by atoms with E-state index in [-0.39, 0.29) is 12.6 Å². The zero-order valence-electron chi connectivity index (χ0n) is 15.7. The standard InChI is InChI=1S/C20H21N5O3/c1-12-10-25(24-23-12)19-6-3-14(8-22-19)7-21-9-18(26)15-4-5-16-17(13(15)2)11-28-20(16)27/h3-6,8,10,18,21,26H,7,9,11H2,1-2H3. The highest BCUT2D eigenvalue weighted by atomic mass is 16.5. The van der Waals surface area contributed by atoms with Gasteiger partial charge in [0.25, 0.3) is 0 Å². The van der Waals surface area contributed by atoms with Gasteiger partial charge in [-0.25, -0.2) is 14.5 Å². The lowest BCUT2D eigenvalue weighted by Crippen LogP contribution is -2.22. The van der Waals surface area contributed by atoms with Crippen molar-refractivity contribution in [2.75, 3.05) is 6.54 Å². The summed E-state index contributed by atoms with van der Waals surface area (Å²) in [6.07, 6.45) is 2.91. The van der Waals surface area contributed by atoms with Crippen LogP contribution >= 0.6 is 0 Å². The molecule has 1 atom stereocenters. The third-order valence-corrected chi connectivity index (χ3v) is 4.89. The summed E-state index contributed by atoms with van der Waals surface area (Å²) in [5.74, 6) is 0.407. The van der Waals surface area contributed by atoms with Crippen LogP contribution < -0.4 is 5.32 Å². The topological polar surface area (TPSA) is 102 Å². The van der Waals surface area contributed by atoms with Crippen LogP contribution in [-0.4, -0.2) is 37.6 Å². The van der Waals surface area contributed by atoms with Crippen molar-refractivity contribution in [1.82, 2.24) is 25.3 Å². The summed E-state index contributed by atoms with van der Waals surface area (Å²) in [4.78, 5) is 16.0. The molecule has 3 aromatic rings. The lowest BCUT2D eigenvalue weighted by Gasteiger charge is -2.16. The van der Waals surface area contributed by atoms with Crippen LogP contribution in [0.25, 0.3) is 5.82 Å². The van der Waals surface area contributed by atoms with E-state index >= 15 is 0 Å². The van der Waals surface area contributed by atoms with Gasteiger partial charge in [0.1, 0.15) is 6.61 Å². The Hall–Kier alpha value is -3.10. The van der Waals surface area contributed by atoms with Gasteiger partial charge in [-0.3, -0.25) is 0 Å². The van der Waals surface area contributed by atoms with Crippen molar-refractivity contribution in [2.24, 2.45) is 0 Å². The van der Waals surface area contributed by atoms with Gasteiger partial charge < -0.3 is 15.2 Å². The lowest BCUT2D eigenvalue weighted by atomic mass is 9.95. The maximum Gasteiger partial charge on any atom is 0.338 e. The third-order valence-electron chi connectivity index (χ3n) is 4.89. The predicted octanol–water partition coefficient (Wildman–Crippen LogP) is 1.77. The zero-order valence-corrected chi connectivity index (χ0v) is 15.7. The van der Waals surface area contributed by atoms with Crippen molar-refractivity contribution in [1.29, 1.82) is 0 Å². The number of esters is 1. The van der Waals surface area contributed by atoms with Gasteiger partial charge in [0, 0.05) is 24.8 Å². The Morgan fingerprint density at radius 2 is 2.14 bits per heavy atom. The molecule has 2 N–H and O–H groups in total. The van der Waals surface area contributed by atoms with Gasteiger partial charge in [-0.05, 0) is 42.7 Å². The molecule has 1 aromatic carbocycles. The number of cyclic esters (lactones) is 1. The number of ether oxygens (including phenoxy) is 1. The molecule has 0 radical (unpaired) electrons. The molecule has 0 aliphatic carbocycles. The largest absolute Gasteiger partial charge is 0.457 e. The number of aryl methyl sites for hydroxylation is 1. The summed E-state index contributed by atoms with van der Waals surface area (Å²) >= 11 is 0. The number of aromatic nitrogens is 4. The maximum absolute atomic E-state index is 11.6. The summed E-state index contributed by atoms with van der Waals surface area (Å²) in [6, 6.07) is 7.36. The van der Waals surface area contributed by atoms with Crippen LogP contribution in [0.5, 0.6) is 0 Å². The van der Waals surface area contributed by atoms with Crippen LogP contribution in [0.3, 0.4) is 0 Å². The Bertz CT molecular complexity index is 1010. The number of pyridine rings is 1. The number of carbonyl (C=O) groups excluding carboxylic acids is 1. The summed E-state index contributed by atoms with van der Waals surface area (Å²) < 4.78 is 6.69. The Kier molecular flexibility index (Phi) is 4.89. The summed E-state index contributed by atoms with van der Waals surface area (Å²) in [7, 11) is 0. The van der Waals surface area contributed by atoms with E-state index in [1.54, 1.807) is 23.0 Å². The number of carbonyl (C=O) groups is 1. The molecule has 0 fully saturated rings. The second kappa shape index (κ2) is 7.49. The van der Waals surface area contributed by atoms with E-state index < -0.39 is 6.10 Å². The van der Waals surface area contributed by atoms with E-state index in [2.05, 4.69) is 20.6 Å². The normalized spacial score (nSPS) is 14.0. The van der Waals surface area contributed by atoms with Gasteiger partial charge in [0.05, 0.1) is 23.6 Å². The molecule has 144 valence electrons. The molecule has 0 saturated carbocycles. The van der Waals surface area contributed by atoms with E-state index in [1.807, 2.05) is 32.2 Å². The second-order valence-corrected chi connectivity index (χ2v) is 6.86. The van der Waals surface area contributed by atoms with Crippen LogP contribution in [0, 0.1) is 13.8 Å². The number of nitrogens with zero attached hydrogens (tertiary/aromatic N) is 4. The molecule has 0 spiro atoms. The minimum atomic E-state index is -0.675. The molecule has 8 heteroatoms. The van der Waals surface area contributed by atoms with Crippen molar-refractivity contribution < 1.29 is 14.6 Å². The highest BCUT2D eigenvalue weighted by Crippen LogP contribution is 2.28. The van der Waals surface area contributed by atoms with Gasteiger partial charge in [-0.15, -0.1) is 5.10 Å². The molecule has 1 aliphatic rings. The Morgan fingerprint density at radius 1 is 1.29 bits per heavy atom. The van der Waals surface area contributed by atoms with E-state index in [9.17, 15) is 9.90 Å². The predicted molar refractivity (Wildman–Crippen MR) is 101 cm³/mol. The monoisotopic (exact) mass is 379 g/mol. The first kappa shape index (κ1) is 18.3. The van der Waals surface area contributed by atoms with Crippen molar-refractivity contribution in [3.8, 4) is 5.82 Å². The molecule has 4 rings (SSSR count). The van der Waals surface area contributed by atoms with Crippen molar-refractivity contribution >= 4 is 5.97 Å². The smallest absolute Gasteiger partial charge is 0.338 e. The fraction of sp³-hybridized carbons (Fsp3) is 0.300. The van der Waals surface area contributed by atoms with Gasteiger partial charge in [-0.1, -0.05) is 17.3 Å². The molecular formula is C20H21N5O3. The molecule has 28 heavy (non-hydrogen) atoms. The molecule has 8 nitrogen and oxygen atoms in total. The molecule has 0 saturated heterocycles. The average molecular weight is 379 g/mol. The summed E-state index contributed by atoms with van der Waals surface area (Å²) in [6.45, 7) is 5.02. The quantitative estimate of drug-likeness (QED) is 0.629. The number of nitrogens with one attached hydrogen (secondary N) is 1. The maximum atomic E-state index is 11.6. The second-order valence-electron chi connectivity index (χ2n) is 6.86. The van der Waals surface area contributed by atoms with Crippen LogP contribution in [0.1, 0.15) is 44.4 Å². The average Bonchev–Trinajstić information content (AvgIpc) is 3.29. The Labute approximate surface area is 162 Å². The highest BCUT2D eigenvalue weighted by molar-refractivity contribution is 5.93. The SMILES string of the molecule is Cc1cn(-c2ccc(CNCC(O)c3ccc4c(c3C)COC4=O)cn2)nn1. The molecule has 2 aromatic heterocycles. The van der Waals surface area contributed by atoms with Gasteiger partial charge in [-0.2, -0.15) is 0 Å². The van der Waals surface area contributed by atoms with Crippen LogP contribution in [0.2, 0.25) is 0 Å². The minimum Gasteiger partial charge on any atom is -0.457 e. The number of benzene rings is 1. The molecule has 1 aliphatic heterocycles. The highest BCUT2D eigenvalue weighted by Gasteiger charge is 2.25. The first-order valence-electron chi connectivity index (χ1n) is 9.05. The van der Waals surface area contributed by atoms with E-state index in [0.29, 0.717) is 24.5 Å². The number of hydrogen-bond donors (Lipinski definition) is 2. The van der Waals surface area contributed by atoms with Crippen molar-refractivity contribution in [3.05, 3.63) is 70.2 Å². The fourth-order valence-corrected chi connectivity index (χ4v) is 3.31. The first-order valence-corrected chi connectivity index (χ1v) is 9.05. The van der Waals surface area contributed by atoms with Gasteiger partial charge >= 0.3 is 5.97 Å².